The van der Waals surface area contributed by atoms with Crippen LogP contribution in [0.15, 0.2) is 48.7 Å². The van der Waals surface area contributed by atoms with Gasteiger partial charge in [-0.15, -0.1) is 0 Å². The van der Waals surface area contributed by atoms with Crippen molar-refractivity contribution in [1.82, 2.24) is 4.90 Å². The van der Waals surface area contributed by atoms with E-state index in [4.69, 9.17) is 0 Å². The van der Waals surface area contributed by atoms with Crippen LogP contribution in [0.2, 0.25) is 0 Å². The Kier molecular flexibility index (Phi) is 4.34. The fourth-order valence-corrected chi connectivity index (χ4v) is 3.33. The quantitative estimate of drug-likeness (QED) is 0.834. The number of likely N-dealkylation sites (N-methyl/N-ethyl adjacent to an activating group) is 1. The third kappa shape index (κ3) is 3.15. The molecule has 0 aliphatic carbocycles. The zero-order valence-electron chi connectivity index (χ0n) is 14.6. The van der Waals surface area contributed by atoms with Crippen LogP contribution in [0.1, 0.15) is 5.56 Å². The van der Waals surface area contributed by atoms with E-state index in [1.54, 1.807) is 18.3 Å². The van der Waals surface area contributed by atoms with Gasteiger partial charge in [0.1, 0.15) is 5.82 Å². The Morgan fingerprint density at radius 1 is 1.08 bits per heavy atom. The highest BCUT2D eigenvalue weighted by Gasteiger charge is 2.27. The van der Waals surface area contributed by atoms with Crippen molar-refractivity contribution in [1.29, 1.82) is 0 Å². The van der Waals surface area contributed by atoms with Gasteiger partial charge in [-0.2, -0.15) is 0 Å². The Morgan fingerprint density at radius 3 is 2.54 bits per heavy atom. The summed E-state index contributed by atoms with van der Waals surface area (Å²) in [6.45, 7) is 4.16. The highest BCUT2D eigenvalue weighted by atomic mass is 19.1. The molecule has 0 saturated carbocycles. The molecule has 2 N–H and O–H groups in total. The number of fused-ring (bicyclic) bond motifs is 1. The number of anilines is 3. The SMILES string of the molecule is CN1CCN(c2ccc(N/C=C3/C(=O)Nc4cccc(F)c43)cc2)CC1. The van der Waals surface area contributed by atoms with E-state index in [0.29, 0.717) is 16.8 Å². The van der Waals surface area contributed by atoms with Crippen LogP contribution in [-0.2, 0) is 4.79 Å². The molecular formula is C20H21FN4O. The molecule has 0 radical (unpaired) electrons. The fraction of sp³-hybridized carbons (Fsp3) is 0.250. The van der Waals surface area contributed by atoms with Gasteiger partial charge in [0.05, 0.1) is 11.3 Å². The van der Waals surface area contributed by atoms with Crippen molar-refractivity contribution in [2.75, 3.05) is 48.8 Å². The average Bonchev–Trinajstić information content (AvgIpc) is 2.98. The molecule has 5 nitrogen and oxygen atoms in total. The Hall–Kier alpha value is -2.86. The van der Waals surface area contributed by atoms with Crippen LogP contribution in [0.25, 0.3) is 5.57 Å². The maximum absolute atomic E-state index is 14.1. The fourth-order valence-electron chi connectivity index (χ4n) is 3.33. The third-order valence-electron chi connectivity index (χ3n) is 4.89. The van der Waals surface area contributed by atoms with Gasteiger partial charge in [0.15, 0.2) is 0 Å². The van der Waals surface area contributed by atoms with E-state index in [9.17, 15) is 9.18 Å². The van der Waals surface area contributed by atoms with Crippen molar-refractivity contribution in [2.24, 2.45) is 0 Å². The molecule has 0 atom stereocenters. The molecule has 26 heavy (non-hydrogen) atoms. The lowest BCUT2D eigenvalue weighted by Crippen LogP contribution is -2.44. The zero-order chi connectivity index (χ0) is 18.1. The molecule has 2 aromatic rings. The van der Waals surface area contributed by atoms with E-state index in [1.807, 2.05) is 12.1 Å². The number of rotatable bonds is 3. The Morgan fingerprint density at radius 2 is 1.81 bits per heavy atom. The lowest BCUT2D eigenvalue weighted by molar-refractivity contribution is -0.110. The molecule has 0 aromatic heterocycles. The first kappa shape index (κ1) is 16.6. The van der Waals surface area contributed by atoms with Crippen LogP contribution in [-0.4, -0.2) is 44.0 Å². The maximum Gasteiger partial charge on any atom is 0.257 e. The monoisotopic (exact) mass is 352 g/mol. The summed E-state index contributed by atoms with van der Waals surface area (Å²) in [6, 6.07) is 12.7. The number of piperazine rings is 1. The highest BCUT2D eigenvalue weighted by molar-refractivity contribution is 6.31. The minimum Gasteiger partial charge on any atom is -0.369 e. The molecule has 134 valence electrons. The van der Waals surface area contributed by atoms with Crippen molar-refractivity contribution >= 4 is 28.5 Å². The summed E-state index contributed by atoms with van der Waals surface area (Å²) in [6.07, 6.45) is 1.56. The lowest BCUT2D eigenvalue weighted by atomic mass is 10.1. The summed E-state index contributed by atoms with van der Waals surface area (Å²) >= 11 is 0. The van der Waals surface area contributed by atoms with Crippen molar-refractivity contribution in [3.63, 3.8) is 0 Å². The predicted octanol–water partition coefficient (Wildman–Crippen LogP) is 2.98. The van der Waals surface area contributed by atoms with E-state index in [1.165, 1.54) is 11.8 Å². The number of carbonyl (C=O) groups excluding carboxylic acids is 1. The van der Waals surface area contributed by atoms with E-state index in [-0.39, 0.29) is 5.91 Å². The highest BCUT2D eigenvalue weighted by Crippen LogP contribution is 2.33. The molecule has 1 fully saturated rings. The molecule has 1 saturated heterocycles. The molecule has 2 aliphatic heterocycles. The van der Waals surface area contributed by atoms with Crippen LogP contribution >= 0.6 is 0 Å². The summed E-state index contributed by atoms with van der Waals surface area (Å²) in [4.78, 5) is 16.8. The number of hydrogen-bond donors (Lipinski definition) is 2. The van der Waals surface area contributed by atoms with Gasteiger partial charge in [-0.3, -0.25) is 4.79 Å². The number of benzene rings is 2. The molecule has 2 aromatic carbocycles. The summed E-state index contributed by atoms with van der Waals surface area (Å²) in [5.41, 5.74) is 3.17. The average molecular weight is 352 g/mol. The van der Waals surface area contributed by atoms with E-state index < -0.39 is 5.82 Å². The molecule has 1 amide bonds. The summed E-state index contributed by atoms with van der Waals surface area (Å²) in [5.74, 6) is -0.703. The summed E-state index contributed by atoms with van der Waals surface area (Å²) in [7, 11) is 2.14. The number of carbonyl (C=O) groups is 1. The number of amides is 1. The van der Waals surface area contributed by atoms with E-state index >= 15 is 0 Å². The van der Waals surface area contributed by atoms with Crippen LogP contribution in [0, 0.1) is 5.82 Å². The van der Waals surface area contributed by atoms with Crippen molar-refractivity contribution in [3.8, 4) is 0 Å². The van der Waals surface area contributed by atoms with Gasteiger partial charge in [-0.05, 0) is 43.4 Å². The first-order valence-electron chi connectivity index (χ1n) is 8.72. The van der Waals surface area contributed by atoms with Gasteiger partial charge in [-0.25, -0.2) is 4.39 Å². The standard InChI is InChI=1S/C20H21FN4O/c1-24-9-11-25(12-10-24)15-7-5-14(6-8-15)22-13-16-19-17(21)3-2-4-18(19)23-20(16)26/h2-8,13,22H,9-12H2,1H3,(H,23,26)/b16-13+. The van der Waals surface area contributed by atoms with Crippen molar-refractivity contribution < 1.29 is 9.18 Å². The minimum atomic E-state index is -0.403. The minimum absolute atomic E-state index is 0.299. The van der Waals surface area contributed by atoms with Gasteiger partial charge in [0.25, 0.3) is 5.91 Å². The second kappa shape index (κ2) is 6.80. The van der Waals surface area contributed by atoms with Crippen molar-refractivity contribution in [3.05, 3.63) is 60.0 Å². The Labute approximate surface area is 152 Å². The molecule has 2 heterocycles. The van der Waals surface area contributed by atoms with Crippen LogP contribution in [0.3, 0.4) is 0 Å². The summed E-state index contributed by atoms with van der Waals surface area (Å²) in [5, 5.41) is 5.79. The normalized spacial score (nSPS) is 18.8. The molecule has 4 rings (SSSR count). The Balaban J connectivity index is 1.49. The molecular weight excluding hydrogens is 331 g/mol. The zero-order valence-corrected chi connectivity index (χ0v) is 14.6. The molecule has 2 aliphatic rings. The van der Waals surface area contributed by atoms with E-state index in [2.05, 4.69) is 39.6 Å². The van der Waals surface area contributed by atoms with E-state index in [0.717, 1.165) is 31.9 Å². The van der Waals surface area contributed by atoms with Gasteiger partial charge >= 0.3 is 0 Å². The third-order valence-corrected chi connectivity index (χ3v) is 4.89. The smallest absolute Gasteiger partial charge is 0.257 e. The topological polar surface area (TPSA) is 47.6 Å². The summed E-state index contributed by atoms with van der Waals surface area (Å²) < 4.78 is 14.1. The number of hydrogen-bond acceptors (Lipinski definition) is 4. The first-order chi connectivity index (χ1) is 12.6. The molecule has 0 bridgehead atoms. The number of nitrogens with zero attached hydrogens (tertiary/aromatic N) is 2. The molecule has 6 heteroatoms. The number of nitrogens with one attached hydrogen (secondary N) is 2. The van der Waals surface area contributed by atoms with Gasteiger partial charge in [0.2, 0.25) is 0 Å². The van der Waals surface area contributed by atoms with Crippen LogP contribution in [0.4, 0.5) is 21.5 Å². The molecule has 0 spiro atoms. The van der Waals surface area contributed by atoms with Crippen molar-refractivity contribution in [2.45, 2.75) is 0 Å². The van der Waals surface area contributed by atoms with Gasteiger partial charge < -0.3 is 20.4 Å². The number of halogens is 1. The predicted molar refractivity (Wildman–Crippen MR) is 103 cm³/mol. The Bertz CT molecular complexity index is 855. The first-order valence-corrected chi connectivity index (χ1v) is 8.72. The maximum atomic E-state index is 14.1. The second-order valence-corrected chi connectivity index (χ2v) is 6.66. The van der Waals surface area contributed by atoms with Crippen LogP contribution in [0.5, 0.6) is 0 Å². The lowest BCUT2D eigenvalue weighted by Gasteiger charge is -2.34. The van der Waals surface area contributed by atoms with Gasteiger partial charge in [0, 0.05) is 49.3 Å². The second-order valence-electron chi connectivity index (χ2n) is 6.66. The van der Waals surface area contributed by atoms with Gasteiger partial charge in [-0.1, -0.05) is 6.07 Å². The molecule has 0 unspecified atom stereocenters. The van der Waals surface area contributed by atoms with Crippen LogP contribution < -0.4 is 15.5 Å². The largest absolute Gasteiger partial charge is 0.369 e.